The third-order valence-corrected chi connectivity index (χ3v) is 3.62. The third-order valence-electron chi connectivity index (χ3n) is 3.62. The van der Waals surface area contributed by atoms with Crippen LogP contribution in [0, 0.1) is 0 Å². The molecule has 0 radical (unpaired) electrons. The molecule has 0 amide bonds. The van der Waals surface area contributed by atoms with Crippen molar-refractivity contribution in [2.75, 3.05) is 19.7 Å². The van der Waals surface area contributed by atoms with Crippen LogP contribution in [0.1, 0.15) is 24.3 Å². The molecule has 3 rings (SSSR count). The van der Waals surface area contributed by atoms with E-state index in [1.807, 2.05) is 18.2 Å². The molecule has 2 heterocycles. The highest BCUT2D eigenvalue weighted by atomic mass is 16.5. The Kier molecular flexibility index (Phi) is 2.37. The Hall–Kier alpha value is -1.06. The van der Waals surface area contributed by atoms with Crippen molar-refractivity contribution < 1.29 is 9.84 Å². The molecule has 1 aromatic rings. The van der Waals surface area contributed by atoms with Crippen molar-refractivity contribution in [1.29, 1.82) is 0 Å². The van der Waals surface area contributed by atoms with Crippen molar-refractivity contribution in [3.05, 3.63) is 29.8 Å². The van der Waals surface area contributed by atoms with Gasteiger partial charge in [0, 0.05) is 13.1 Å². The first kappa shape index (κ1) is 10.1. The van der Waals surface area contributed by atoms with Crippen molar-refractivity contribution in [2.45, 2.75) is 24.4 Å². The Morgan fingerprint density at radius 3 is 2.94 bits per heavy atom. The molecule has 3 nitrogen and oxygen atoms in total. The number of rotatable bonds is 2. The minimum atomic E-state index is -0.491. The van der Waals surface area contributed by atoms with Crippen LogP contribution in [0.3, 0.4) is 0 Å². The normalized spacial score (nSPS) is 26.4. The second kappa shape index (κ2) is 3.75. The Bertz CT molecular complexity index is 387. The largest absolute Gasteiger partial charge is 0.493 e. The second-order valence-electron chi connectivity index (χ2n) is 4.90. The minimum absolute atomic E-state index is 0.442. The fourth-order valence-electron chi connectivity index (χ4n) is 2.64. The monoisotopic (exact) mass is 219 g/mol. The predicted molar refractivity (Wildman–Crippen MR) is 61.7 cm³/mol. The first-order chi connectivity index (χ1) is 7.77. The summed E-state index contributed by atoms with van der Waals surface area (Å²) in [6, 6.07) is 8.18. The molecule has 2 N–H and O–H groups in total. The summed E-state index contributed by atoms with van der Waals surface area (Å²) in [4.78, 5) is 0. The third kappa shape index (κ3) is 1.70. The van der Waals surface area contributed by atoms with E-state index in [4.69, 9.17) is 4.74 Å². The van der Waals surface area contributed by atoms with Crippen molar-refractivity contribution in [2.24, 2.45) is 0 Å². The molecule has 2 aliphatic rings. The van der Waals surface area contributed by atoms with Crippen LogP contribution in [-0.4, -0.2) is 30.4 Å². The van der Waals surface area contributed by atoms with Gasteiger partial charge < -0.3 is 15.2 Å². The number of β-amino-alcohol motifs (C(OH)–C–C–N with tert-alkyl or cyclic N) is 1. The molecule has 2 aliphatic heterocycles. The maximum atomic E-state index is 10.2. The number of fused-ring (bicyclic) bond motifs is 1. The lowest BCUT2D eigenvalue weighted by atomic mass is 9.80. The van der Waals surface area contributed by atoms with Gasteiger partial charge in [-0.25, -0.2) is 0 Å². The van der Waals surface area contributed by atoms with Crippen molar-refractivity contribution in [1.82, 2.24) is 5.32 Å². The number of aliphatic hydroxyl groups is 1. The maximum absolute atomic E-state index is 10.2. The van der Waals surface area contributed by atoms with Crippen molar-refractivity contribution >= 4 is 0 Å². The van der Waals surface area contributed by atoms with Crippen LogP contribution in [0.2, 0.25) is 0 Å². The van der Waals surface area contributed by atoms with Crippen LogP contribution in [0.25, 0.3) is 0 Å². The van der Waals surface area contributed by atoms with E-state index in [1.54, 1.807) is 0 Å². The quantitative estimate of drug-likeness (QED) is 0.787. The van der Waals surface area contributed by atoms with Gasteiger partial charge in [-0.1, -0.05) is 18.2 Å². The summed E-state index contributed by atoms with van der Waals surface area (Å²) in [5, 5.41) is 13.3. The first-order valence-corrected chi connectivity index (χ1v) is 5.92. The lowest BCUT2D eigenvalue weighted by Crippen LogP contribution is -2.60. The van der Waals surface area contributed by atoms with Gasteiger partial charge in [-0.3, -0.25) is 0 Å². The number of benzene rings is 1. The summed E-state index contributed by atoms with van der Waals surface area (Å²) >= 11 is 0. The summed E-state index contributed by atoms with van der Waals surface area (Å²) in [7, 11) is 0. The summed E-state index contributed by atoms with van der Waals surface area (Å²) in [5.74, 6) is 1.44. The fraction of sp³-hybridized carbons (Fsp3) is 0.538. The van der Waals surface area contributed by atoms with Crippen LogP contribution >= 0.6 is 0 Å². The smallest absolute Gasteiger partial charge is 0.122 e. The average Bonchev–Trinajstić information content (AvgIpc) is 2.27. The molecule has 0 aromatic heterocycles. The van der Waals surface area contributed by atoms with E-state index in [1.165, 1.54) is 5.56 Å². The van der Waals surface area contributed by atoms with Crippen molar-refractivity contribution in [3.63, 3.8) is 0 Å². The topological polar surface area (TPSA) is 41.5 Å². The average molecular weight is 219 g/mol. The number of nitrogens with one attached hydrogen (secondary N) is 1. The standard InChI is InChI=1S/C13H17NO2/c15-13(8-14-9-13)7-10-5-6-16-12-4-2-1-3-11(10)12/h1-4,10,14-15H,5-9H2. The van der Waals surface area contributed by atoms with Gasteiger partial charge in [0.05, 0.1) is 12.2 Å². The van der Waals surface area contributed by atoms with Crippen molar-refractivity contribution in [3.8, 4) is 5.75 Å². The molecule has 0 aliphatic carbocycles. The van der Waals surface area contributed by atoms with E-state index < -0.39 is 5.60 Å². The van der Waals surface area contributed by atoms with Crippen LogP contribution in [0.15, 0.2) is 24.3 Å². The van der Waals surface area contributed by atoms with Gasteiger partial charge in [0.15, 0.2) is 0 Å². The minimum Gasteiger partial charge on any atom is -0.493 e. The van der Waals surface area contributed by atoms with E-state index in [0.29, 0.717) is 5.92 Å². The molecule has 3 heteroatoms. The summed E-state index contributed by atoms with van der Waals surface area (Å²) in [6.45, 7) is 2.23. The molecular weight excluding hydrogens is 202 g/mol. The fourth-order valence-corrected chi connectivity index (χ4v) is 2.64. The molecule has 0 saturated carbocycles. The number of para-hydroxylation sites is 1. The highest BCUT2D eigenvalue weighted by molar-refractivity contribution is 5.38. The number of hydrogen-bond donors (Lipinski definition) is 2. The maximum Gasteiger partial charge on any atom is 0.122 e. The van der Waals surface area contributed by atoms with Gasteiger partial charge in [0.2, 0.25) is 0 Å². The molecule has 1 atom stereocenters. The number of hydrogen-bond acceptors (Lipinski definition) is 3. The van der Waals surface area contributed by atoms with E-state index in [0.717, 1.165) is 38.3 Å². The van der Waals surface area contributed by atoms with E-state index >= 15 is 0 Å². The van der Waals surface area contributed by atoms with Crippen LogP contribution < -0.4 is 10.1 Å². The van der Waals surface area contributed by atoms with Crippen LogP contribution in [-0.2, 0) is 0 Å². The molecule has 1 aromatic carbocycles. The van der Waals surface area contributed by atoms with Gasteiger partial charge in [0.25, 0.3) is 0 Å². The van der Waals surface area contributed by atoms with Crippen LogP contribution in [0.4, 0.5) is 0 Å². The Balaban J connectivity index is 1.81. The SMILES string of the molecule is OC1(CC2CCOc3ccccc32)CNC1. The highest BCUT2D eigenvalue weighted by Gasteiger charge is 2.38. The highest BCUT2D eigenvalue weighted by Crippen LogP contribution is 2.38. The lowest BCUT2D eigenvalue weighted by Gasteiger charge is -2.41. The number of ether oxygens (including phenoxy) is 1. The molecule has 0 bridgehead atoms. The Morgan fingerprint density at radius 1 is 1.38 bits per heavy atom. The van der Waals surface area contributed by atoms with Crippen LogP contribution in [0.5, 0.6) is 5.75 Å². The zero-order valence-electron chi connectivity index (χ0n) is 9.28. The van der Waals surface area contributed by atoms with E-state index in [-0.39, 0.29) is 0 Å². The van der Waals surface area contributed by atoms with Gasteiger partial charge in [0.1, 0.15) is 5.75 Å². The van der Waals surface area contributed by atoms with E-state index in [2.05, 4.69) is 11.4 Å². The summed E-state index contributed by atoms with van der Waals surface area (Å²) in [6.07, 6.45) is 1.86. The van der Waals surface area contributed by atoms with Gasteiger partial charge in [-0.05, 0) is 30.4 Å². The lowest BCUT2D eigenvalue weighted by molar-refractivity contribution is -0.0256. The zero-order valence-corrected chi connectivity index (χ0v) is 9.28. The molecule has 16 heavy (non-hydrogen) atoms. The molecule has 1 fully saturated rings. The van der Waals surface area contributed by atoms with Gasteiger partial charge in [-0.15, -0.1) is 0 Å². The summed E-state index contributed by atoms with van der Waals surface area (Å²) < 4.78 is 5.62. The molecule has 86 valence electrons. The second-order valence-corrected chi connectivity index (χ2v) is 4.90. The molecule has 1 unspecified atom stereocenters. The molecular formula is C13H17NO2. The predicted octanol–water partition coefficient (Wildman–Crippen LogP) is 1.28. The zero-order chi connectivity index (χ0) is 11.0. The molecule has 1 saturated heterocycles. The molecule has 0 spiro atoms. The van der Waals surface area contributed by atoms with E-state index in [9.17, 15) is 5.11 Å². The first-order valence-electron chi connectivity index (χ1n) is 5.92. The Labute approximate surface area is 95.4 Å². The van der Waals surface area contributed by atoms with Gasteiger partial charge in [-0.2, -0.15) is 0 Å². The Morgan fingerprint density at radius 2 is 2.19 bits per heavy atom. The van der Waals surface area contributed by atoms with Gasteiger partial charge >= 0.3 is 0 Å². The summed E-state index contributed by atoms with van der Waals surface area (Å²) in [5.41, 5.74) is 0.767.